The summed E-state index contributed by atoms with van der Waals surface area (Å²) in [5.41, 5.74) is 2.74. The number of fused-ring (bicyclic) bond motifs is 1. The second-order valence-corrected chi connectivity index (χ2v) is 5.87. The molecule has 20 heavy (non-hydrogen) atoms. The van der Waals surface area contributed by atoms with E-state index in [0.29, 0.717) is 12.0 Å². The number of aliphatic hydroxyl groups is 2. The van der Waals surface area contributed by atoms with Gasteiger partial charge in [0.15, 0.2) is 0 Å². The van der Waals surface area contributed by atoms with Crippen molar-refractivity contribution in [2.24, 2.45) is 11.8 Å². The summed E-state index contributed by atoms with van der Waals surface area (Å²) in [6.45, 7) is 6.06. The topological polar surface area (TPSA) is 66.8 Å². The molecular weight excluding hydrogens is 256 g/mol. The Kier molecular flexibility index (Phi) is 4.66. The lowest BCUT2D eigenvalue weighted by molar-refractivity contribution is -0.139. The zero-order chi connectivity index (χ0) is 14.9. The molecule has 4 atom stereocenters. The zero-order valence-electron chi connectivity index (χ0n) is 12.4. The Bertz CT molecular complexity index is 449. The molecule has 112 valence electrons. The van der Waals surface area contributed by atoms with Crippen molar-refractivity contribution in [2.75, 3.05) is 6.61 Å². The van der Waals surface area contributed by atoms with Gasteiger partial charge in [0.2, 0.25) is 0 Å². The molecule has 0 aromatic rings. The molecule has 2 aliphatic rings. The van der Waals surface area contributed by atoms with Crippen LogP contribution in [0.3, 0.4) is 0 Å². The van der Waals surface area contributed by atoms with Gasteiger partial charge in [-0.15, -0.1) is 0 Å². The summed E-state index contributed by atoms with van der Waals surface area (Å²) in [5.74, 6) is -0.312. The van der Waals surface area contributed by atoms with Crippen molar-refractivity contribution in [1.82, 2.24) is 0 Å². The molecule has 1 fully saturated rings. The molecule has 2 N–H and O–H groups in total. The summed E-state index contributed by atoms with van der Waals surface area (Å²) in [7, 11) is 0. The normalized spacial score (nSPS) is 33.4. The highest BCUT2D eigenvalue weighted by atomic mass is 16.6. The van der Waals surface area contributed by atoms with Crippen LogP contribution < -0.4 is 0 Å². The third-order valence-corrected chi connectivity index (χ3v) is 4.55. The lowest BCUT2D eigenvalue weighted by Crippen LogP contribution is -2.37. The number of hydrogen-bond acceptors (Lipinski definition) is 4. The zero-order valence-corrected chi connectivity index (χ0v) is 12.4. The van der Waals surface area contributed by atoms with E-state index in [0.717, 1.165) is 24.0 Å². The number of esters is 1. The van der Waals surface area contributed by atoms with Gasteiger partial charge in [0.05, 0.1) is 12.0 Å². The van der Waals surface area contributed by atoms with Crippen LogP contribution >= 0.6 is 0 Å². The van der Waals surface area contributed by atoms with Crippen molar-refractivity contribution < 1.29 is 19.7 Å². The van der Waals surface area contributed by atoms with Crippen LogP contribution in [-0.2, 0) is 9.53 Å². The number of aliphatic hydroxyl groups excluding tert-OH is 2. The van der Waals surface area contributed by atoms with Gasteiger partial charge in [0, 0.05) is 18.6 Å². The minimum Gasteiger partial charge on any atom is -0.458 e. The smallest absolute Gasteiger partial charge is 0.334 e. The van der Waals surface area contributed by atoms with E-state index in [9.17, 15) is 9.90 Å². The predicted octanol–water partition coefficient (Wildman–Crippen LogP) is 1.96. The van der Waals surface area contributed by atoms with Crippen molar-refractivity contribution in [3.63, 3.8) is 0 Å². The van der Waals surface area contributed by atoms with Crippen molar-refractivity contribution in [3.8, 4) is 0 Å². The van der Waals surface area contributed by atoms with Crippen LogP contribution in [0.2, 0.25) is 0 Å². The van der Waals surface area contributed by atoms with Crippen LogP contribution in [0.25, 0.3) is 0 Å². The van der Waals surface area contributed by atoms with Crippen LogP contribution in [0.4, 0.5) is 0 Å². The summed E-state index contributed by atoms with van der Waals surface area (Å²) in [6.07, 6.45) is 3.15. The van der Waals surface area contributed by atoms with Gasteiger partial charge in [0.1, 0.15) is 6.10 Å². The summed E-state index contributed by atoms with van der Waals surface area (Å²) in [6, 6.07) is 0. The number of hydrogen-bond donors (Lipinski definition) is 2. The van der Waals surface area contributed by atoms with Gasteiger partial charge in [-0.1, -0.05) is 18.6 Å². The minimum atomic E-state index is -0.653. The summed E-state index contributed by atoms with van der Waals surface area (Å²) < 4.78 is 5.38. The third kappa shape index (κ3) is 2.54. The molecule has 1 heterocycles. The highest BCUT2D eigenvalue weighted by Gasteiger charge is 2.48. The van der Waals surface area contributed by atoms with Gasteiger partial charge in [0.25, 0.3) is 0 Å². The Balaban J connectivity index is 2.26. The first-order chi connectivity index (χ1) is 9.51. The molecule has 1 aliphatic carbocycles. The first kappa shape index (κ1) is 15.3. The Morgan fingerprint density at radius 2 is 2.20 bits per heavy atom. The monoisotopic (exact) mass is 280 g/mol. The average molecular weight is 280 g/mol. The van der Waals surface area contributed by atoms with Crippen LogP contribution in [0.1, 0.15) is 40.0 Å². The van der Waals surface area contributed by atoms with Gasteiger partial charge in [-0.3, -0.25) is 0 Å². The molecule has 0 amide bonds. The molecule has 0 spiro atoms. The van der Waals surface area contributed by atoms with Crippen LogP contribution in [0.5, 0.6) is 0 Å². The molecule has 0 unspecified atom stereocenters. The van der Waals surface area contributed by atoms with Gasteiger partial charge in [-0.05, 0) is 38.2 Å². The summed E-state index contributed by atoms with van der Waals surface area (Å²) >= 11 is 0. The molecule has 2 rings (SSSR count). The maximum Gasteiger partial charge on any atom is 0.334 e. The van der Waals surface area contributed by atoms with Crippen molar-refractivity contribution >= 4 is 5.97 Å². The third-order valence-electron chi connectivity index (χ3n) is 4.55. The molecule has 0 bridgehead atoms. The van der Waals surface area contributed by atoms with E-state index in [1.54, 1.807) is 6.08 Å². The fourth-order valence-corrected chi connectivity index (χ4v) is 3.60. The first-order valence-electron chi connectivity index (χ1n) is 7.36. The van der Waals surface area contributed by atoms with E-state index in [1.807, 2.05) is 13.8 Å². The molecule has 1 aliphatic heterocycles. The van der Waals surface area contributed by atoms with Crippen molar-refractivity contribution in [1.29, 1.82) is 0 Å². The average Bonchev–Trinajstić information content (AvgIpc) is 2.71. The van der Waals surface area contributed by atoms with Gasteiger partial charge < -0.3 is 14.9 Å². The Morgan fingerprint density at radius 3 is 2.80 bits per heavy atom. The fraction of sp³-hybridized carbons (Fsp3) is 0.688. The van der Waals surface area contributed by atoms with Gasteiger partial charge in [-0.25, -0.2) is 4.79 Å². The summed E-state index contributed by atoms with van der Waals surface area (Å²) in [5, 5.41) is 19.7. The second-order valence-electron chi connectivity index (χ2n) is 5.87. The van der Waals surface area contributed by atoms with Crippen LogP contribution in [0, 0.1) is 11.8 Å². The molecule has 1 saturated heterocycles. The fourth-order valence-electron chi connectivity index (χ4n) is 3.60. The Morgan fingerprint density at radius 1 is 1.50 bits per heavy atom. The Hall–Kier alpha value is -1.13. The van der Waals surface area contributed by atoms with Crippen LogP contribution in [-0.4, -0.2) is 35.0 Å². The number of carbonyl (C=O) groups is 1. The number of rotatable bonds is 4. The van der Waals surface area contributed by atoms with E-state index >= 15 is 0 Å². The maximum atomic E-state index is 11.8. The highest BCUT2D eigenvalue weighted by molar-refractivity contribution is 5.92. The highest BCUT2D eigenvalue weighted by Crippen LogP contribution is 2.43. The van der Waals surface area contributed by atoms with Crippen LogP contribution in [0.15, 0.2) is 22.8 Å². The van der Waals surface area contributed by atoms with Gasteiger partial charge in [-0.2, -0.15) is 0 Å². The molecule has 0 saturated carbocycles. The Labute approximate surface area is 120 Å². The van der Waals surface area contributed by atoms with Crippen molar-refractivity contribution in [3.05, 3.63) is 22.8 Å². The van der Waals surface area contributed by atoms with E-state index in [-0.39, 0.29) is 30.5 Å². The molecule has 4 heteroatoms. The first-order valence-corrected chi connectivity index (χ1v) is 7.36. The number of carbonyl (C=O) groups excluding carboxylic acids is 1. The van der Waals surface area contributed by atoms with E-state index in [4.69, 9.17) is 9.84 Å². The molecule has 4 nitrogen and oxygen atoms in total. The maximum absolute atomic E-state index is 11.8. The summed E-state index contributed by atoms with van der Waals surface area (Å²) in [4.78, 5) is 11.8. The number of ether oxygens (including phenoxy) is 1. The lowest BCUT2D eigenvalue weighted by atomic mass is 9.73. The van der Waals surface area contributed by atoms with E-state index < -0.39 is 6.10 Å². The largest absolute Gasteiger partial charge is 0.458 e. The second kappa shape index (κ2) is 6.10. The molecule has 0 aromatic heterocycles. The van der Waals surface area contributed by atoms with E-state index in [1.165, 1.54) is 0 Å². The quantitative estimate of drug-likeness (QED) is 0.469. The minimum absolute atomic E-state index is 0.167. The van der Waals surface area contributed by atoms with Crippen molar-refractivity contribution in [2.45, 2.75) is 52.2 Å². The lowest BCUT2D eigenvalue weighted by Gasteiger charge is -2.35. The molecular formula is C16H24O4. The molecule has 0 aromatic carbocycles. The predicted molar refractivity (Wildman–Crippen MR) is 75.9 cm³/mol. The van der Waals surface area contributed by atoms with E-state index in [2.05, 4.69) is 6.92 Å². The van der Waals surface area contributed by atoms with Gasteiger partial charge >= 0.3 is 5.97 Å². The number of allylic oxidation sites excluding steroid dienone is 1. The molecule has 0 radical (unpaired) electrons. The standard InChI is InChI=1S/C16H24O4/c1-4-11-14-12(20-16(11)19)8-10(3)13(15(14)18)9(2)6-5-7-17/h4,9,12,14-15,17-18H,5-8H2,1-3H3/b11-4+/t9-,12-,14-,15-/m1/s1. The SMILES string of the molecule is C/C=C1/C(=O)O[C@@H]2CC(C)=C([C@H](C)CCCO)[C@@H](O)[C@H]12.